The first-order chi connectivity index (χ1) is 12.2. The highest BCUT2D eigenvalue weighted by Crippen LogP contribution is 2.45. The zero-order chi connectivity index (χ0) is 17.3. The molecule has 1 aromatic rings. The summed E-state index contributed by atoms with van der Waals surface area (Å²) in [6.45, 7) is 2.01. The van der Waals surface area contributed by atoms with Crippen LogP contribution in [0.25, 0.3) is 0 Å². The second-order valence-corrected chi connectivity index (χ2v) is 7.54. The van der Waals surface area contributed by atoms with Crippen molar-refractivity contribution >= 4 is 11.8 Å². The minimum absolute atomic E-state index is 0.00901. The van der Waals surface area contributed by atoms with Gasteiger partial charge in [0.25, 0.3) is 5.91 Å². The smallest absolute Gasteiger partial charge is 0.251 e. The van der Waals surface area contributed by atoms with Gasteiger partial charge in [0.2, 0.25) is 5.91 Å². The third-order valence-corrected chi connectivity index (χ3v) is 5.82. The Morgan fingerprint density at radius 3 is 2.40 bits per heavy atom. The number of benzene rings is 1. The summed E-state index contributed by atoms with van der Waals surface area (Å²) in [4.78, 5) is 27.0. The van der Waals surface area contributed by atoms with E-state index in [1.807, 2.05) is 23.1 Å². The zero-order valence-electron chi connectivity index (χ0n) is 14.6. The van der Waals surface area contributed by atoms with Crippen LogP contribution >= 0.6 is 0 Å². The van der Waals surface area contributed by atoms with Crippen molar-refractivity contribution in [1.29, 1.82) is 0 Å². The average molecular weight is 342 g/mol. The molecule has 1 N–H and O–H groups in total. The van der Waals surface area contributed by atoms with Crippen LogP contribution in [0, 0.1) is 5.92 Å². The monoisotopic (exact) mass is 342 g/mol. The number of carbonyl (C=O) groups is 2. The number of likely N-dealkylation sites (tertiary alicyclic amines) is 1. The summed E-state index contributed by atoms with van der Waals surface area (Å²) >= 11 is 0. The molecule has 4 rings (SSSR count). The molecule has 2 saturated heterocycles. The normalized spacial score (nSPS) is 25.6. The number of hydrogen-bond donors (Lipinski definition) is 1. The highest BCUT2D eigenvalue weighted by atomic mass is 16.5. The van der Waals surface area contributed by atoms with Crippen LogP contribution in [0.4, 0.5) is 0 Å². The standard InChI is InChI=1S/C20H26N2O3/c23-18(21-20(10-11-20)16-5-2-1-3-6-16)15-8-12-22(13-9-15)19(24)17-7-4-14-25-17/h1-3,5-6,15,17H,4,7-14H2,(H,21,23)/t17-/m1/s1. The van der Waals surface area contributed by atoms with Crippen molar-refractivity contribution in [3.8, 4) is 0 Å². The number of nitrogens with one attached hydrogen (secondary N) is 1. The fourth-order valence-electron chi connectivity index (χ4n) is 4.04. The zero-order valence-corrected chi connectivity index (χ0v) is 14.6. The number of hydrogen-bond acceptors (Lipinski definition) is 3. The van der Waals surface area contributed by atoms with Crippen LogP contribution in [0.15, 0.2) is 30.3 Å². The highest BCUT2D eigenvalue weighted by molar-refractivity contribution is 5.83. The van der Waals surface area contributed by atoms with Crippen LogP contribution in [0.1, 0.15) is 44.1 Å². The fourth-order valence-corrected chi connectivity index (χ4v) is 4.04. The first kappa shape index (κ1) is 16.6. The van der Waals surface area contributed by atoms with Crippen molar-refractivity contribution < 1.29 is 14.3 Å². The molecule has 2 heterocycles. The second-order valence-electron chi connectivity index (χ2n) is 7.54. The molecule has 0 bridgehead atoms. The lowest BCUT2D eigenvalue weighted by molar-refractivity contribution is -0.144. The molecule has 1 aliphatic carbocycles. The minimum Gasteiger partial charge on any atom is -0.368 e. The van der Waals surface area contributed by atoms with Crippen LogP contribution in [-0.4, -0.2) is 42.5 Å². The van der Waals surface area contributed by atoms with E-state index < -0.39 is 0 Å². The van der Waals surface area contributed by atoms with E-state index in [9.17, 15) is 9.59 Å². The molecule has 3 fully saturated rings. The SMILES string of the molecule is O=C(NC1(c2ccccc2)CC1)C1CCN(C(=O)[C@H]2CCCO2)CC1. The van der Waals surface area contributed by atoms with Gasteiger partial charge in [-0.15, -0.1) is 0 Å². The van der Waals surface area contributed by atoms with E-state index in [0.717, 1.165) is 38.5 Å². The van der Waals surface area contributed by atoms with Gasteiger partial charge in [-0.2, -0.15) is 0 Å². The first-order valence-electron chi connectivity index (χ1n) is 9.46. The molecule has 2 aliphatic heterocycles. The van der Waals surface area contributed by atoms with Gasteiger partial charge < -0.3 is 15.0 Å². The molecule has 134 valence electrons. The topological polar surface area (TPSA) is 58.6 Å². The Hall–Kier alpha value is -1.88. The van der Waals surface area contributed by atoms with Gasteiger partial charge in [-0.1, -0.05) is 30.3 Å². The summed E-state index contributed by atoms with van der Waals surface area (Å²) < 4.78 is 5.49. The number of carbonyl (C=O) groups excluding carboxylic acids is 2. The van der Waals surface area contributed by atoms with Crippen LogP contribution in [0.3, 0.4) is 0 Å². The summed E-state index contributed by atoms with van der Waals surface area (Å²) in [6.07, 6.45) is 5.07. The van der Waals surface area contributed by atoms with Crippen LogP contribution < -0.4 is 5.32 Å². The lowest BCUT2D eigenvalue weighted by Crippen LogP contribution is -2.47. The molecule has 2 amide bonds. The second kappa shape index (κ2) is 6.79. The van der Waals surface area contributed by atoms with Crippen LogP contribution in [-0.2, 0) is 19.9 Å². The summed E-state index contributed by atoms with van der Waals surface area (Å²) in [5.74, 6) is 0.264. The van der Waals surface area contributed by atoms with Crippen molar-refractivity contribution in [1.82, 2.24) is 10.2 Å². The van der Waals surface area contributed by atoms with E-state index >= 15 is 0 Å². The molecule has 0 radical (unpaired) electrons. The molecule has 5 heteroatoms. The number of piperidine rings is 1. The molecular formula is C20H26N2O3. The maximum Gasteiger partial charge on any atom is 0.251 e. The Balaban J connectivity index is 1.30. The Morgan fingerprint density at radius 1 is 1.08 bits per heavy atom. The molecular weight excluding hydrogens is 316 g/mol. The van der Waals surface area contributed by atoms with Gasteiger partial charge in [-0.25, -0.2) is 0 Å². The summed E-state index contributed by atoms with van der Waals surface area (Å²) in [7, 11) is 0. The molecule has 0 unspecified atom stereocenters. The van der Waals surface area contributed by atoms with Crippen molar-refractivity contribution in [2.24, 2.45) is 5.92 Å². The Bertz CT molecular complexity index is 628. The maximum absolute atomic E-state index is 12.7. The summed E-state index contributed by atoms with van der Waals surface area (Å²) in [5, 5.41) is 3.29. The van der Waals surface area contributed by atoms with Gasteiger partial charge in [-0.05, 0) is 44.1 Å². The number of amides is 2. The number of ether oxygens (including phenoxy) is 1. The molecule has 1 atom stereocenters. The lowest BCUT2D eigenvalue weighted by atomic mass is 9.94. The van der Waals surface area contributed by atoms with E-state index in [1.54, 1.807) is 0 Å². The molecule has 5 nitrogen and oxygen atoms in total. The fraction of sp³-hybridized carbons (Fsp3) is 0.600. The van der Waals surface area contributed by atoms with Crippen molar-refractivity contribution in [2.45, 2.75) is 50.2 Å². The molecule has 1 saturated carbocycles. The van der Waals surface area contributed by atoms with Gasteiger partial charge in [0.15, 0.2) is 0 Å². The summed E-state index contributed by atoms with van der Waals surface area (Å²) in [6, 6.07) is 10.2. The molecule has 0 aromatic heterocycles. The van der Waals surface area contributed by atoms with Crippen molar-refractivity contribution in [2.75, 3.05) is 19.7 Å². The molecule has 3 aliphatic rings. The third-order valence-electron chi connectivity index (χ3n) is 5.82. The molecule has 0 spiro atoms. The van der Waals surface area contributed by atoms with Gasteiger partial charge in [0, 0.05) is 25.6 Å². The quantitative estimate of drug-likeness (QED) is 0.913. The predicted octanol–water partition coefficient (Wildman–Crippen LogP) is 2.21. The predicted molar refractivity (Wildman–Crippen MR) is 93.8 cm³/mol. The largest absolute Gasteiger partial charge is 0.368 e. The minimum atomic E-state index is -0.252. The van der Waals surface area contributed by atoms with Crippen LogP contribution in [0.5, 0.6) is 0 Å². The molecule has 1 aromatic carbocycles. The number of nitrogens with zero attached hydrogens (tertiary/aromatic N) is 1. The lowest BCUT2D eigenvalue weighted by Gasteiger charge is -2.33. The summed E-state index contributed by atoms with van der Waals surface area (Å²) in [5.41, 5.74) is 1.05. The Labute approximate surface area is 148 Å². The van der Waals surface area contributed by atoms with E-state index in [4.69, 9.17) is 4.74 Å². The van der Waals surface area contributed by atoms with Gasteiger partial charge in [0.05, 0.1) is 5.54 Å². The van der Waals surface area contributed by atoms with Crippen LogP contribution in [0.2, 0.25) is 0 Å². The molecule has 25 heavy (non-hydrogen) atoms. The Morgan fingerprint density at radius 2 is 1.80 bits per heavy atom. The van der Waals surface area contributed by atoms with E-state index in [0.29, 0.717) is 19.7 Å². The highest BCUT2D eigenvalue weighted by Gasteiger charge is 2.46. The van der Waals surface area contributed by atoms with E-state index in [2.05, 4.69) is 17.4 Å². The van der Waals surface area contributed by atoms with E-state index in [-0.39, 0.29) is 29.4 Å². The maximum atomic E-state index is 12.7. The van der Waals surface area contributed by atoms with E-state index in [1.165, 1.54) is 5.56 Å². The Kier molecular flexibility index (Phi) is 4.50. The third kappa shape index (κ3) is 3.43. The van der Waals surface area contributed by atoms with Gasteiger partial charge >= 0.3 is 0 Å². The van der Waals surface area contributed by atoms with Gasteiger partial charge in [0.1, 0.15) is 6.10 Å². The van der Waals surface area contributed by atoms with Gasteiger partial charge in [-0.3, -0.25) is 9.59 Å². The number of rotatable bonds is 4. The van der Waals surface area contributed by atoms with Crippen molar-refractivity contribution in [3.63, 3.8) is 0 Å². The first-order valence-corrected chi connectivity index (χ1v) is 9.46. The average Bonchev–Trinajstić information content (AvgIpc) is 3.23. The van der Waals surface area contributed by atoms with Crippen molar-refractivity contribution in [3.05, 3.63) is 35.9 Å².